The second-order valence-corrected chi connectivity index (χ2v) is 4.90. The van der Waals surface area contributed by atoms with Gasteiger partial charge in [-0.2, -0.15) is 5.26 Å². The average molecular weight is 246 g/mol. The molecule has 0 spiro atoms. The van der Waals surface area contributed by atoms with Crippen molar-refractivity contribution in [1.29, 1.82) is 5.26 Å². The van der Waals surface area contributed by atoms with Crippen molar-refractivity contribution >= 4 is 0 Å². The number of hydrogen-bond acceptors (Lipinski definition) is 4. The number of benzene rings is 1. The maximum Gasteiger partial charge on any atom is 0.162 e. The maximum absolute atomic E-state index is 10.2. The highest BCUT2D eigenvalue weighted by Crippen LogP contribution is 2.43. The molecule has 4 heteroatoms. The Balaban J connectivity index is 2.52. The summed E-state index contributed by atoms with van der Waals surface area (Å²) in [5.41, 5.74) is 6.97. The summed E-state index contributed by atoms with van der Waals surface area (Å²) in [6.45, 7) is 0. The first-order valence-electron chi connectivity index (χ1n) is 6.21. The average Bonchev–Trinajstić information content (AvgIpc) is 2.39. The van der Waals surface area contributed by atoms with Gasteiger partial charge in [-0.1, -0.05) is 19.3 Å². The van der Waals surface area contributed by atoms with Crippen molar-refractivity contribution < 1.29 is 9.84 Å². The second kappa shape index (κ2) is 4.87. The summed E-state index contributed by atoms with van der Waals surface area (Å²) in [6, 6.07) is 5.30. The summed E-state index contributed by atoms with van der Waals surface area (Å²) >= 11 is 0. The summed E-state index contributed by atoms with van der Waals surface area (Å²) < 4.78 is 5.11. The number of nitrogens with zero attached hydrogens (tertiary/aromatic N) is 1. The predicted octanol–water partition coefficient (Wildman–Crippen LogP) is 2.39. The Kier molecular flexibility index (Phi) is 3.44. The normalized spacial score (nSPS) is 18.1. The van der Waals surface area contributed by atoms with Crippen molar-refractivity contribution in [2.45, 2.75) is 37.6 Å². The molecule has 2 rings (SSSR count). The Morgan fingerprint density at radius 2 is 2.00 bits per heavy atom. The number of phenolic OH excluding ortho intramolecular Hbond substituents is 1. The van der Waals surface area contributed by atoms with Crippen LogP contribution in [-0.2, 0) is 5.54 Å². The smallest absolute Gasteiger partial charge is 0.162 e. The van der Waals surface area contributed by atoms with Crippen LogP contribution in [0.2, 0.25) is 0 Å². The largest absolute Gasteiger partial charge is 0.504 e. The van der Waals surface area contributed by atoms with Gasteiger partial charge in [-0.3, -0.25) is 0 Å². The molecule has 1 aliphatic rings. The van der Waals surface area contributed by atoms with E-state index in [1.54, 1.807) is 6.07 Å². The van der Waals surface area contributed by atoms with Crippen LogP contribution in [0.4, 0.5) is 0 Å². The minimum atomic E-state index is -0.539. The Labute approximate surface area is 107 Å². The highest BCUT2D eigenvalue weighted by molar-refractivity contribution is 5.54. The molecular formula is C14H18N2O2. The first-order valence-corrected chi connectivity index (χ1v) is 6.21. The van der Waals surface area contributed by atoms with Gasteiger partial charge in [-0.25, -0.2) is 0 Å². The van der Waals surface area contributed by atoms with Gasteiger partial charge in [0.15, 0.2) is 11.5 Å². The molecule has 1 aliphatic carbocycles. The molecule has 0 aliphatic heterocycles. The molecule has 1 saturated carbocycles. The van der Waals surface area contributed by atoms with E-state index in [1.165, 1.54) is 19.6 Å². The van der Waals surface area contributed by atoms with E-state index in [-0.39, 0.29) is 5.75 Å². The topological polar surface area (TPSA) is 79.3 Å². The van der Waals surface area contributed by atoms with E-state index >= 15 is 0 Å². The monoisotopic (exact) mass is 246 g/mol. The zero-order chi connectivity index (χ0) is 13.2. The third-order valence-corrected chi connectivity index (χ3v) is 3.71. The zero-order valence-electron chi connectivity index (χ0n) is 10.6. The van der Waals surface area contributed by atoms with E-state index in [1.807, 2.05) is 0 Å². The number of rotatable bonds is 2. The van der Waals surface area contributed by atoms with Gasteiger partial charge in [-0.05, 0) is 18.9 Å². The molecule has 4 nitrogen and oxygen atoms in total. The van der Waals surface area contributed by atoms with Crippen LogP contribution in [0.3, 0.4) is 0 Å². The first kappa shape index (κ1) is 12.7. The molecular weight excluding hydrogens is 228 g/mol. The summed E-state index contributed by atoms with van der Waals surface area (Å²) in [7, 11) is 1.48. The van der Waals surface area contributed by atoms with Crippen LogP contribution in [0, 0.1) is 11.3 Å². The molecule has 0 aromatic heterocycles. The SMILES string of the molecule is COc1cc(C#N)cc(C2(N)CCCCC2)c1O. The van der Waals surface area contributed by atoms with Crippen LogP contribution in [0.5, 0.6) is 11.5 Å². The molecule has 0 saturated heterocycles. The minimum absolute atomic E-state index is 0.0703. The predicted molar refractivity (Wildman–Crippen MR) is 68.3 cm³/mol. The second-order valence-electron chi connectivity index (χ2n) is 4.90. The highest BCUT2D eigenvalue weighted by atomic mass is 16.5. The van der Waals surface area contributed by atoms with Crippen LogP contribution in [0.1, 0.15) is 43.2 Å². The molecule has 0 heterocycles. The lowest BCUT2D eigenvalue weighted by atomic mass is 9.76. The van der Waals surface area contributed by atoms with Crippen molar-refractivity contribution in [3.05, 3.63) is 23.3 Å². The van der Waals surface area contributed by atoms with Crippen LogP contribution < -0.4 is 10.5 Å². The van der Waals surface area contributed by atoms with Crippen molar-refractivity contribution in [2.75, 3.05) is 7.11 Å². The highest BCUT2D eigenvalue weighted by Gasteiger charge is 2.33. The fraction of sp³-hybridized carbons (Fsp3) is 0.500. The van der Waals surface area contributed by atoms with E-state index < -0.39 is 5.54 Å². The van der Waals surface area contributed by atoms with Gasteiger partial charge < -0.3 is 15.6 Å². The molecule has 0 atom stereocenters. The number of aromatic hydroxyl groups is 1. The zero-order valence-corrected chi connectivity index (χ0v) is 10.6. The Hall–Kier alpha value is -1.73. The van der Waals surface area contributed by atoms with Crippen molar-refractivity contribution in [3.8, 4) is 17.6 Å². The molecule has 1 fully saturated rings. The van der Waals surface area contributed by atoms with Gasteiger partial charge in [0.05, 0.1) is 18.7 Å². The molecule has 0 amide bonds. The fourth-order valence-electron chi connectivity index (χ4n) is 2.66. The summed E-state index contributed by atoms with van der Waals surface area (Å²) in [6.07, 6.45) is 4.94. The summed E-state index contributed by atoms with van der Waals surface area (Å²) in [4.78, 5) is 0. The molecule has 3 N–H and O–H groups in total. The van der Waals surface area contributed by atoms with E-state index in [0.717, 1.165) is 25.7 Å². The third-order valence-electron chi connectivity index (χ3n) is 3.71. The van der Waals surface area contributed by atoms with E-state index in [0.29, 0.717) is 16.9 Å². The third kappa shape index (κ3) is 2.14. The molecule has 0 bridgehead atoms. The van der Waals surface area contributed by atoms with Crippen LogP contribution in [0.25, 0.3) is 0 Å². The lowest BCUT2D eigenvalue weighted by Crippen LogP contribution is -2.38. The van der Waals surface area contributed by atoms with Crippen LogP contribution >= 0.6 is 0 Å². The van der Waals surface area contributed by atoms with Gasteiger partial charge >= 0.3 is 0 Å². The number of ether oxygens (including phenoxy) is 1. The lowest BCUT2D eigenvalue weighted by molar-refractivity contribution is 0.286. The molecule has 0 unspecified atom stereocenters. The van der Waals surface area contributed by atoms with E-state index in [2.05, 4.69) is 6.07 Å². The number of methoxy groups -OCH3 is 1. The molecule has 1 aromatic carbocycles. The number of hydrogen-bond donors (Lipinski definition) is 2. The molecule has 18 heavy (non-hydrogen) atoms. The molecule has 96 valence electrons. The lowest BCUT2D eigenvalue weighted by Gasteiger charge is -2.34. The Morgan fingerprint density at radius 3 is 2.56 bits per heavy atom. The summed E-state index contributed by atoms with van der Waals surface area (Å²) in [5, 5.41) is 19.2. The maximum atomic E-state index is 10.2. The quantitative estimate of drug-likeness (QED) is 0.839. The van der Waals surface area contributed by atoms with E-state index in [9.17, 15) is 5.11 Å². The molecule has 0 radical (unpaired) electrons. The van der Waals surface area contributed by atoms with Crippen molar-refractivity contribution in [3.63, 3.8) is 0 Å². The minimum Gasteiger partial charge on any atom is -0.504 e. The molecule has 1 aromatic rings. The number of nitriles is 1. The summed E-state index contributed by atoms with van der Waals surface area (Å²) in [5.74, 6) is 0.389. The number of phenols is 1. The van der Waals surface area contributed by atoms with Gasteiger partial charge in [-0.15, -0.1) is 0 Å². The van der Waals surface area contributed by atoms with Gasteiger partial charge in [0.25, 0.3) is 0 Å². The number of nitrogens with two attached hydrogens (primary N) is 1. The van der Waals surface area contributed by atoms with Crippen LogP contribution in [-0.4, -0.2) is 12.2 Å². The first-order chi connectivity index (χ1) is 8.60. The van der Waals surface area contributed by atoms with Crippen LogP contribution in [0.15, 0.2) is 12.1 Å². The van der Waals surface area contributed by atoms with Gasteiger partial charge in [0, 0.05) is 17.2 Å². The Bertz CT molecular complexity index is 485. The van der Waals surface area contributed by atoms with Gasteiger partial charge in [0.2, 0.25) is 0 Å². The Morgan fingerprint density at radius 1 is 1.33 bits per heavy atom. The standard InChI is InChI=1S/C14H18N2O2/c1-18-12-8-10(9-15)7-11(13(12)17)14(16)5-3-2-4-6-14/h7-8,17H,2-6,16H2,1H3. The van der Waals surface area contributed by atoms with Gasteiger partial charge in [0.1, 0.15) is 0 Å². The fourth-order valence-corrected chi connectivity index (χ4v) is 2.66. The van der Waals surface area contributed by atoms with E-state index in [4.69, 9.17) is 15.7 Å². The van der Waals surface area contributed by atoms with Crippen molar-refractivity contribution in [2.24, 2.45) is 5.73 Å². The van der Waals surface area contributed by atoms with Crippen molar-refractivity contribution in [1.82, 2.24) is 0 Å².